The van der Waals surface area contributed by atoms with Crippen molar-refractivity contribution in [3.63, 3.8) is 0 Å². The second kappa shape index (κ2) is 11.4. The average molecular weight is 439 g/mol. The first-order valence-corrected chi connectivity index (χ1v) is 11.0. The van der Waals surface area contributed by atoms with Gasteiger partial charge in [0, 0.05) is 6.04 Å². The van der Waals surface area contributed by atoms with Gasteiger partial charge in [-0.05, 0) is 53.1 Å². The van der Waals surface area contributed by atoms with E-state index in [0.717, 1.165) is 22.3 Å². The van der Waals surface area contributed by atoms with Crippen LogP contribution in [-0.4, -0.2) is 30.6 Å². The first kappa shape index (κ1) is 22.7. The number of ether oxygens (including phenoxy) is 1. The lowest BCUT2D eigenvalue weighted by molar-refractivity contribution is -0.177. The van der Waals surface area contributed by atoms with Crippen LogP contribution in [0.1, 0.15) is 40.2 Å². The van der Waals surface area contributed by atoms with Crippen molar-refractivity contribution in [2.45, 2.75) is 26.0 Å². The van der Waals surface area contributed by atoms with Crippen LogP contribution in [0.3, 0.4) is 0 Å². The Morgan fingerprint density at radius 1 is 1.13 bits per heavy atom. The molecule has 0 spiro atoms. The SMILES string of the molecule is CCOC(=O)c1cc(-c2cccc(C(N)CCN(C=O)OCc3ccccc3)c2)cs1. The van der Waals surface area contributed by atoms with Gasteiger partial charge in [-0.3, -0.25) is 9.63 Å². The monoisotopic (exact) mass is 438 g/mol. The molecule has 1 heterocycles. The topological polar surface area (TPSA) is 81.9 Å². The quantitative estimate of drug-likeness (QED) is 0.269. The Morgan fingerprint density at radius 3 is 2.68 bits per heavy atom. The molecule has 2 N–H and O–H groups in total. The Balaban J connectivity index is 1.58. The van der Waals surface area contributed by atoms with Gasteiger partial charge in [-0.15, -0.1) is 11.3 Å². The molecule has 0 aliphatic carbocycles. The standard InChI is InChI=1S/C24H26N2O4S/c1-2-29-24(28)23-14-21(16-31-23)19-9-6-10-20(13-19)22(25)11-12-26(17-27)30-15-18-7-4-3-5-8-18/h3-10,13-14,16-17,22H,2,11-12,15,25H2,1H3. The number of hydroxylamine groups is 2. The molecule has 31 heavy (non-hydrogen) atoms. The fourth-order valence-electron chi connectivity index (χ4n) is 3.06. The van der Waals surface area contributed by atoms with E-state index in [1.165, 1.54) is 16.4 Å². The zero-order valence-electron chi connectivity index (χ0n) is 17.4. The van der Waals surface area contributed by atoms with Gasteiger partial charge in [-0.25, -0.2) is 9.86 Å². The maximum atomic E-state index is 11.9. The fraction of sp³-hybridized carbons (Fsp3) is 0.250. The van der Waals surface area contributed by atoms with Gasteiger partial charge in [-0.2, -0.15) is 0 Å². The molecular formula is C24H26N2O4S. The van der Waals surface area contributed by atoms with Crippen LogP contribution in [0.15, 0.2) is 66.0 Å². The first-order valence-electron chi connectivity index (χ1n) is 10.1. The highest BCUT2D eigenvalue weighted by atomic mass is 32.1. The van der Waals surface area contributed by atoms with Gasteiger partial charge in [0.25, 0.3) is 0 Å². The van der Waals surface area contributed by atoms with E-state index in [0.29, 0.717) is 37.5 Å². The summed E-state index contributed by atoms with van der Waals surface area (Å²) >= 11 is 1.36. The molecule has 2 aromatic carbocycles. The van der Waals surface area contributed by atoms with Crippen LogP contribution in [0.4, 0.5) is 0 Å². The number of carbonyl (C=O) groups excluding carboxylic acids is 2. The van der Waals surface area contributed by atoms with Gasteiger partial charge in [0.15, 0.2) is 0 Å². The Morgan fingerprint density at radius 2 is 1.94 bits per heavy atom. The molecule has 3 rings (SSSR count). The molecule has 0 radical (unpaired) electrons. The summed E-state index contributed by atoms with van der Waals surface area (Å²) in [7, 11) is 0. The summed E-state index contributed by atoms with van der Waals surface area (Å²) in [5, 5.41) is 3.21. The normalized spacial score (nSPS) is 11.7. The number of carbonyl (C=O) groups is 2. The summed E-state index contributed by atoms with van der Waals surface area (Å²) < 4.78 is 5.06. The fourth-order valence-corrected chi connectivity index (χ4v) is 3.87. The van der Waals surface area contributed by atoms with Gasteiger partial charge in [-0.1, -0.05) is 48.5 Å². The van der Waals surface area contributed by atoms with Crippen LogP contribution < -0.4 is 5.73 Å². The average Bonchev–Trinajstić information content (AvgIpc) is 3.30. The number of hydrogen-bond donors (Lipinski definition) is 1. The third-order valence-electron chi connectivity index (χ3n) is 4.74. The van der Waals surface area contributed by atoms with Gasteiger partial charge in [0.1, 0.15) is 11.5 Å². The van der Waals surface area contributed by atoms with Gasteiger partial charge >= 0.3 is 5.97 Å². The maximum absolute atomic E-state index is 11.9. The summed E-state index contributed by atoms with van der Waals surface area (Å²) in [4.78, 5) is 29.4. The summed E-state index contributed by atoms with van der Waals surface area (Å²) in [6.07, 6.45) is 1.23. The van der Waals surface area contributed by atoms with E-state index in [9.17, 15) is 9.59 Å². The van der Waals surface area contributed by atoms with E-state index in [-0.39, 0.29) is 12.0 Å². The van der Waals surface area contributed by atoms with Crippen LogP contribution in [0.25, 0.3) is 11.1 Å². The predicted octanol–water partition coefficient (Wildman–Crippen LogP) is 4.57. The van der Waals surface area contributed by atoms with Gasteiger partial charge in [0.2, 0.25) is 6.41 Å². The van der Waals surface area contributed by atoms with Crippen LogP contribution in [0.5, 0.6) is 0 Å². The molecule has 162 valence electrons. The highest BCUT2D eigenvalue weighted by Crippen LogP contribution is 2.28. The van der Waals surface area contributed by atoms with E-state index in [4.69, 9.17) is 15.3 Å². The van der Waals surface area contributed by atoms with Crippen molar-refractivity contribution in [1.82, 2.24) is 5.06 Å². The van der Waals surface area contributed by atoms with Gasteiger partial charge in [0.05, 0.1) is 13.2 Å². The van der Waals surface area contributed by atoms with Crippen LogP contribution >= 0.6 is 11.3 Å². The van der Waals surface area contributed by atoms with Crippen molar-refractivity contribution < 1.29 is 19.2 Å². The number of rotatable bonds is 11. The Bertz CT molecular complexity index is 990. The number of thiophene rings is 1. The summed E-state index contributed by atoms with van der Waals surface area (Å²) in [6, 6.07) is 19.1. The number of nitrogens with zero attached hydrogens (tertiary/aromatic N) is 1. The molecule has 1 aromatic heterocycles. The lowest BCUT2D eigenvalue weighted by Crippen LogP contribution is -2.26. The molecule has 1 unspecified atom stereocenters. The highest BCUT2D eigenvalue weighted by molar-refractivity contribution is 7.12. The second-order valence-corrected chi connectivity index (χ2v) is 7.86. The van der Waals surface area contributed by atoms with Crippen molar-refractivity contribution in [2.24, 2.45) is 5.73 Å². The first-order chi connectivity index (χ1) is 15.1. The molecule has 0 aliphatic rings. The molecule has 1 atom stereocenters. The smallest absolute Gasteiger partial charge is 0.348 e. The van der Waals surface area contributed by atoms with Crippen LogP contribution in [0.2, 0.25) is 0 Å². The Hall–Kier alpha value is -3.00. The highest BCUT2D eigenvalue weighted by Gasteiger charge is 2.13. The molecule has 0 fully saturated rings. The summed E-state index contributed by atoms with van der Waals surface area (Å²) in [5.41, 5.74) is 10.2. The van der Waals surface area contributed by atoms with Crippen LogP contribution in [-0.2, 0) is 21.0 Å². The molecule has 6 nitrogen and oxygen atoms in total. The van der Waals surface area contributed by atoms with Crippen molar-refractivity contribution >= 4 is 23.7 Å². The van der Waals surface area contributed by atoms with E-state index < -0.39 is 0 Å². The molecule has 0 bridgehead atoms. The third kappa shape index (κ3) is 6.49. The van der Waals surface area contributed by atoms with E-state index >= 15 is 0 Å². The number of amides is 1. The number of esters is 1. The third-order valence-corrected chi connectivity index (χ3v) is 5.65. The lowest BCUT2D eigenvalue weighted by Gasteiger charge is -2.20. The lowest BCUT2D eigenvalue weighted by atomic mass is 9.99. The maximum Gasteiger partial charge on any atom is 0.348 e. The summed E-state index contributed by atoms with van der Waals surface area (Å²) in [6.45, 7) is 2.84. The molecular weight excluding hydrogens is 412 g/mol. The minimum absolute atomic E-state index is 0.258. The van der Waals surface area contributed by atoms with Crippen molar-refractivity contribution in [3.05, 3.63) is 82.0 Å². The number of hydrogen-bond acceptors (Lipinski definition) is 6. The predicted molar refractivity (Wildman–Crippen MR) is 121 cm³/mol. The van der Waals surface area contributed by atoms with E-state index in [1.54, 1.807) is 6.92 Å². The molecule has 3 aromatic rings. The van der Waals surface area contributed by atoms with Crippen molar-refractivity contribution in [1.29, 1.82) is 0 Å². The molecule has 7 heteroatoms. The molecule has 0 aliphatic heterocycles. The Kier molecular flexibility index (Phi) is 8.35. The van der Waals surface area contributed by atoms with Crippen molar-refractivity contribution in [2.75, 3.05) is 13.2 Å². The zero-order valence-corrected chi connectivity index (χ0v) is 18.2. The summed E-state index contributed by atoms with van der Waals surface area (Å²) in [5.74, 6) is -0.309. The molecule has 1 amide bonds. The second-order valence-electron chi connectivity index (χ2n) is 6.95. The van der Waals surface area contributed by atoms with E-state index in [2.05, 4.69) is 0 Å². The zero-order chi connectivity index (χ0) is 22.1. The minimum Gasteiger partial charge on any atom is -0.462 e. The Labute approximate surface area is 186 Å². The van der Waals surface area contributed by atoms with Crippen molar-refractivity contribution in [3.8, 4) is 11.1 Å². The number of benzene rings is 2. The molecule has 0 saturated heterocycles. The van der Waals surface area contributed by atoms with Gasteiger partial charge < -0.3 is 10.5 Å². The number of nitrogens with two attached hydrogens (primary N) is 1. The largest absolute Gasteiger partial charge is 0.462 e. The minimum atomic E-state index is -0.309. The van der Waals surface area contributed by atoms with Crippen LogP contribution in [0, 0.1) is 0 Å². The molecule has 0 saturated carbocycles. The van der Waals surface area contributed by atoms with E-state index in [1.807, 2.05) is 66.0 Å².